The van der Waals surface area contributed by atoms with Crippen molar-refractivity contribution >= 4 is 0 Å². The Bertz CT molecular complexity index is 225. The standard InChI is InChI=1S/C13H25NO/c1-4-14-11-6-9-15-13(10-11)8-5-7-12(13,2)3/h11,14H,4-10H2,1-3H3. The highest BCUT2D eigenvalue weighted by Gasteiger charge is 2.52. The largest absolute Gasteiger partial charge is 0.374 e. The van der Waals surface area contributed by atoms with Crippen LogP contribution < -0.4 is 5.32 Å². The number of hydrogen-bond acceptors (Lipinski definition) is 2. The number of nitrogens with one attached hydrogen (secondary N) is 1. The molecule has 0 aromatic carbocycles. The van der Waals surface area contributed by atoms with Gasteiger partial charge in [0.05, 0.1) is 5.60 Å². The van der Waals surface area contributed by atoms with Gasteiger partial charge in [-0.1, -0.05) is 20.8 Å². The van der Waals surface area contributed by atoms with E-state index in [1.54, 1.807) is 0 Å². The van der Waals surface area contributed by atoms with Crippen LogP contribution in [0.4, 0.5) is 0 Å². The van der Waals surface area contributed by atoms with Crippen LogP contribution in [0.5, 0.6) is 0 Å². The Balaban J connectivity index is 2.07. The Labute approximate surface area is 93.8 Å². The van der Waals surface area contributed by atoms with Crippen molar-refractivity contribution in [3.8, 4) is 0 Å². The molecule has 0 aromatic heterocycles. The van der Waals surface area contributed by atoms with Gasteiger partial charge in [0.25, 0.3) is 0 Å². The number of hydrogen-bond donors (Lipinski definition) is 1. The van der Waals surface area contributed by atoms with Gasteiger partial charge in [0, 0.05) is 12.6 Å². The highest BCUT2D eigenvalue weighted by Crippen LogP contribution is 2.52. The van der Waals surface area contributed by atoms with Crippen molar-refractivity contribution in [1.29, 1.82) is 0 Å². The molecular formula is C13H25NO. The molecule has 88 valence electrons. The van der Waals surface area contributed by atoms with Crippen molar-refractivity contribution < 1.29 is 4.74 Å². The van der Waals surface area contributed by atoms with Gasteiger partial charge in [-0.2, -0.15) is 0 Å². The first-order chi connectivity index (χ1) is 7.10. The number of rotatable bonds is 2. The van der Waals surface area contributed by atoms with E-state index in [0.717, 1.165) is 13.2 Å². The van der Waals surface area contributed by atoms with E-state index in [1.807, 2.05) is 0 Å². The molecule has 1 aliphatic carbocycles. The van der Waals surface area contributed by atoms with Crippen LogP contribution in [0.25, 0.3) is 0 Å². The second kappa shape index (κ2) is 4.06. The van der Waals surface area contributed by atoms with E-state index >= 15 is 0 Å². The minimum atomic E-state index is 0.179. The molecule has 0 bridgehead atoms. The maximum Gasteiger partial charge on any atom is 0.0748 e. The molecule has 1 saturated heterocycles. The summed E-state index contributed by atoms with van der Waals surface area (Å²) in [6, 6.07) is 0.682. The molecule has 2 rings (SSSR count). The molecule has 2 fully saturated rings. The molecule has 2 aliphatic rings. The molecular weight excluding hydrogens is 186 g/mol. The van der Waals surface area contributed by atoms with Crippen molar-refractivity contribution in [3.63, 3.8) is 0 Å². The van der Waals surface area contributed by atoms with Crippen molar-refractivity contribution in [3.05, 3.63) is 0 Å². The molecule has 1 saturated carbocycles. The van der Waals surface area contributed by atoms with E-state index in [-0.39, 0.29) is 5.60 Å². The van der Waals surface area contributed by atoms with E-state index in [0.29, 0.717) is 11.5 Å². The zero-order valence-electron chi connectivity index (χ0n) is 10.4. The minimum Gasteiger partial charge on any atom is -0.374 e. The maximum atomic E-state index is 6.18. The normalized spacial score (nSPS) is 39.8. The first kappa shape index (κ1) is 11.4. The lowest BCUT2D eigenvalue weighted by Gasteiger charge is -2.47. The van der Waals surface area contributed by atoms with Gasteiger partial charge >= 0.3 is 0 Å². The summed E-state index contributed by atoms with van der Waals surface area (Å²) in [5.41, 5.74) is 0.555. The molecule has 2 unspecified atom stereocenters. The first-order valence-corrected chi connectivity index (χ1v) is 6.47. The molecule has 1 N–H and O–H groups in total. The third-order valence-corrected chi connectivity index (χ3v) is 4.53. The average molecular weight is 211 g/mol. The van der Waals surface area contributed by atoms with Gasteiger partial charge in [0.15, 0.2) is 0 Å². The van der Waals surface area contributed by atoms with Crippen LogP contribution in [0, 0.1) is 5.41 Å². The summed E-state index contributed by atoms with van der Waals surface area (Å²) >= 11 is 0. The quantitative estimate of drug-likeness (QED) is 0.758. The molecule has 0 amide bonds. The monoisotopic (exact) mass is 211 g/mol. The molecule has 1 spiro atoms. The van der Waals surface area contributed by atoms with Crippen LogP contribution >= 0.6 is 0 Å². The molecule has 2 atom stereocenters. The summed E-state index contributed by atoms with van der Waals surface area (Å²) in [6.07, 6.45) is 6.33. The Morgan fingerprint density at radius 1 is 1.33 bits per heavy atom. The molecule has 1 aliphatic heterocycles. The Hall–Kier alpha value is -0.0800. The zero-order chi connectivity index (χ0) is 10.9. The Kier molecular flexibility index (Phi) is 3.09. The van der Waals surface area contributed by atoms with Crippen LogP contribution in [0.3, 0.4) is 0 Å². The average Bonchev–Trinajstić information content (AvgIpc) is 2.43. The fourth-order valence-corrected chi connectivity index (χ4v) is 3.45. The lowest BCUT2D eigenvalue weighted by atomic mass is 9.72. The van der Waals surface area contributed by atoms with Crippen molar-refractivity contribution in [2.75, 3.05) is 13.2 Å². The third-order valence-electron chi connectivity index (χ3n) is 4.53. The van der Waals surface area contributed by atoms with Gasteiger partial charge in [-0.15, -0.1) is 0 Å². The van der Waals surface area contributed by atoms with Crippen molar-refractivity contribution in [1.82, 2.24) is 5.32 Å². The van der Waals surface area contributed by atoms with Crippen molar-refractivity contribution in [2.24, 2.45) is 5.41 Å². The SMILES string of the molecule is CCNC1CCOC2(CCCC2(C)C)C1. The van der Waals surface area contributed by atoms with Crippen LogP contribution in [0.1, 0.15) is 52.9 Å². The second-order valence-electron chi connectivity index (χ2n) is 5.83. The summed E-state index contributed by atoms with van der Waals surface area (Å²) in [4.78, 5) is 0. The van der Waals surface area contributed by atoms with Crippen LogP contribution in [0.2, 0.25) is 0 Å². The van der Waals surface area contributed by atoms with E-state index in [2.05, 4.69) is 26.1 Å². The van der Waals surface area contributed by atoms with Gasteiger partial charge in [-0.25, -0.2) is 0 Å². The molecule has 15 heavy (non-hydrogen) atoms. The smallest absolute Gasteiger partial charge is 0.0748 e. The van der Waals surface area contributed by atoms with Gasteiger partial charge in [-0.3, -0.25) is 0 Å². The number of ether oxygens (including phenoxy) is 1. The topological polar surface area (TPSA) is 21.3 Å². The summed E-state index contributed by atoms with van der Waals surface area (Å²) in [5, 5.41) is 3.59. The maximum absolute atomic E-state index is 6.18. The van der Waals surface area contributed by atoms with Gasteiger partial charge in [0.2, 0.25) is 0 Å². The Morgan fingerprint density at radius 3 is 2.73 bits per heavy atom. The van der Waals surface area contributed by atoms with E-state index in [1.165, 1.54) is 32.1 Å². The van der Waals surface area contributed by atoms with Crippen molar-refractivity contribution in [2.45, 2.75) is 64.5 Å². The van der Waals surface area contributed by atoms with E-state index < -0.39 is 0 Å². The predicted octanol–water partition coefficient (Wildman–Crippen LogP) is 2.72. The summed E-state index contributed by atoms with van der Waals surface area (Å²) in [5.74, 6) is 0. The van der Waals surface area contributed by atoms with Crippen LogP contribution in [0.15, 0.2) is 0 Å². The fraction of sp³-hybridized carbons (Fsp3) is 1.00. The first-order valence-electron chi connectivity index (χ1n) is 6.47. The molecule has 0 aromatic rings. The second-order valence-corrected chi connectivity index (χ2v) is 5.83. The summed E-state index contributed by atoms with van der Waals surface area (Å²) in [7, 11) is 0. The van der Waals surface area contributed by atoms with E-state index in [4.69, 9.17) is 4.74 Å². The third kappa shape index (κ3) is 1.94. The summed E-state index contributed by atoms with van der Waals surface area (Å²) < 4.78 is 6.18. The predicted molar refractivity (Wildman–Crippen MR) is 63.0 cm³/mol. The highest BCUT2D eigenvalue weighted by molar-refractivity contribution is 5.03. The molecule has 1 heterocycles. The Morgan fingerprint density at radius 2 is 2.13 bits per heavy atom. The lowest BCUT2D eigenvalue weighted by Crippen LogP contribution is -2.52. The van der Waals surface area contributed by atoms with Crippen LogP contribution in [-0.2, 0) is 4.74 Å². The fourth-order valence-electron chi connectivity index (χ4n) is 3.45. The molecule has 2 nitrogen and oxygen atoms in total. The van der Waals surface area contributed by atoms with Gasteiger partial charge in [0.1, 0.15) is 0 Å². The summed E-state index contributed by atoms with van der Waals surface area (Å²) in [6.45, 7) is 8.99. The van der Waals surface area contributed by atoms with Gasteiger partial charge < -0.3 is 10.1 Å². The molecule has 2 heteroatoms. The lowest BCUT2D eigenvalue weighted by molar-refractivity contribution is -0.140. The highest BCUT2D eigenvalue weighted by atomic mass is 16.5. The molecule has 0 radical (unpaired) electrons. The van der Waals surface area contributed by atoms with Crippen LogP contribution in [-0.4, -0.2) is 24.8 Å². The minimum absolute atomic E-state index is 0.179. The van der Waals surface area contributed by atoms with Gasteiger partial charge in [-0.05, 0) is 44.1 Å². The zero-order valence-corrected chi connectivity index (χ0v) is 10.4. The van der Waals surface area contributed by atoms with E-state index in [9.17, 15) is 0 Å².